The van der Waals surface area contributed by atoms with Gasteiger partial charge in [-0.2, -0.15) is 0 Å². The predicted molar refractivity (Wildman–Crippen MR) is 96.6 cm³/mol. The Kier molecular flexibility index (Phi) is 5.46. The van der Waals surface area contributed by atoms with Gasteiger partial charge in [0.05, 0.1) is 11.1 Å². The molecule has 3 rings (SSSR count). The zero-order chi connectivity index (χ0) is 18.5. The highest BCUT2D eigenvalue weighted by Crippen LogP contribution is 2.26. The highest BCUT2D eigenvalue weighted by molar-refractivity contribution is 6.21. The van der Waals surface area contributed by atoms with Gasteiger partial charge in [0.1, 0.15) is 6.10 Å². The second-order valence-electron chi connectivity index (χ2n) is 6.31. The number of nitrogens with zero attached hydrogens (tertiary/aromatic N) is 1. The van der Waals surface area contributed by atoms with Crippen LogP contribution in [0.2, 0.25) is 0 Å². The third-order valence-electron chi connectivity index (χ3n) is 4.46. The average molecular weight is 351 g/mol. The minimum atomic E-state index is -0.320. The van der Waals surface area contributed by atoms with Crippen molar-refractivity contribution < 1.29 is 19.1 Å². The van der Waals surface area contributed by atoms with Gasteiger partial charge in [0.15, 0.2) is 0 Å². The second-order valence-corrected chi connectivity index (χ2v) is 6.31. The van der Waals surface area contributed by atoms with Crippen LogP contribution in [0, 0.1) is 0 Å². The molecule has 0 aliphatic carbocycles. The fourth-order valence-corrected chi connectivity index (χ4v) is 3.20. The standard InChI is InChI=1S/C21H21NO4/c1-15(23)26-19(16-9-3-2-4-10-16)13-7-8-14-22-20(24)17-11-5-6-12-18(17)21(22)25/h2-6,9-12,19H,7-8,13-14H2,1H3/t19-/m0/s1. The van der Waals surface area contributed by atoms with E-state index in [2.05, 4.69) is 0 Å². The summed E-state index contributed by atoms with van der Waals surface area (Å²) in [6, 6.07) is 16.5. The number of carbonyl (C=O) groups is 3. The summed E-state index contributed by atoms with van der Waals surface area (Å²) in [5.41, 5.74) is 1.89. The lowest BCUT2D eigenvalue weighted by Gasteiger charge is -2.18. The van der Waals surface area contributed by atoms with Gasteiger partial charge in [0.25, 0.3) is 11.8 Å². The molecule has 1 aliphatic heterocycles. The molecule has 134 valence electrons. The Morgan fingerprint density at radius 3 is 2.08 bits per heavy atom. The number of hydrogen-bond donors (Lipinski definition) is 0. The largest absolute Gasteiger partial charge is 0.458 e. The first-order chi connectivity index (χ1) is 12.6. The van der Waals surface area contributed by atoms with Crippen molar-refractivity contribution in [3.63, 3.8) is 0 Å². The third-order valence-corrected chi connectivity index (χ3v) is 4.46. The van der Waals surface area contributed by atoms with Crippen LogP contribution in [0.1, 0.15) is 58.6 Å². The summed E-state index contributed by atoms with van der Waals surface area (Å²) < 4.78 is 5.41. The Bertz CT molecular complexity index is 781. The number of rotatable bonds is 7. The molecule has 1 atom stereocenters. The SMILES string of the molecule is CC(=O)O[C@@H](CCCCN1C(=O)c2ccccc2C1=O)c1ccccc1. The van der Waals surface area contributed by atoms with Gasteiger partial charge in [0.2, 0.25) is 0 Å². The van der Waals surface area contributed by atoms with E-state index in [9.17, 15) is 14.4 Å². The molecule has 0 saturated heterocycles. The summed E-state index contributed by atoms with van der Waals surface area (Å²) in [6.07, 6.45) is 1.74. The van der Waals surface area contributed by atoms with Crippen molar-refractivity contribution in [3.05, 3.63) is 71.3 Å². The van der Waals surface area contributed by atoms with Crippen molar-refractivity contribution in [2.24, 2.45) is 0 Å². The molecule has 26 heavy (non-hydrogen) atoms. The molecule has 2 aromatic carbocycles. The molecule has 5 nitrogen and oxygen atoms in total. The maximum absolute atomic E-state index is 12.3. The summed E-state index contributed by atoms with van der Waals surface area (Å²) in [7, 11) is 0. The summed E-state index contributed by atoms with van der Waals surface area (Å²) in [6.45, 7) is 1.77. The van der Waals surface area contributed by atoms with E-state index in [1.165, 1.54) is 11.8 Å². The Morgan fingerprint density at radius 1 is 0.923 bits per heavy atom. The molecule has 0 unspecified atom stereocenters. The maximum atomic E-state index is 12.3. The molecule has 0 radical (unpaired) electrons. The first-order valence-corrected chi connectivity index (χ1v) is 8.75. The van der Waals surface area contributed by atoms with Gasteiger partial charge in [-0.3, -0.25) is 19.3 Å². The number of carbonyl (C=O) groups excluding carboxylic acids is 3. The van der Waals surface area contributed by atoms with Gasteiger partial charge in [-0.1, -0.05) is 42.5 Å². The summed E-state index contributed by atoms with van der Waals surface area (Å²) in [5.74, 6) is -0.783. The predicted octanol–water partition coefficient (Wildman–Crippen LogP) is 3.76. The molecule has 0 aromatic heterocycles. The van der Waals surface area contributed by atoms with E-state index >= 15 is 0 Å². The molecule has 0 fully saturated rings. The van der Waals surface area contributed by atoms with Crippen molar-refractivity contribution in [3.8, 4) is 0 Å². The second kappa shape index (κ2) is 7.95. The molecule has 1 aliphatic rings. The van der Waals surface area contributed by atoms with Crippen LogP contribution in [0.3, 0.4) is 0 Å². The Balaban J connectivity index is 1.55. The zero-order valence-electron chi connectivity index (χ0n) is 14.7. The van der Waals surface area contributed by atoms with Crippen LogP contribution in [0.15, 0.2) is 54.6 Å². The van der Waals surface area contributed by atoms with Crippen molar-refractivity contribution in [2.75, 3.05) is 6.54 Å². The van der Waals surface area contributed by atoms with E-state index in [0.29, 0.717) is 30.5 Å². The molecule has 0 N–H and O–H groups in total. The number of ether oxygens (including phenoxy) is 1. The van der Waals surface area contributed by atoms with Gasteiger partial charge < -0.3 is 4.74 Å². The molecule has 1 heterocycles. The fraction of sp³-hybridized carbons (Fsp3) is 0.286. The van der Waals surface area contributed by atoms with Crippen molar-refractivity contribution >= 4 is 17.8 Å². The van der Waals surface area contributed by atoms with Gasteiger partial charge >= 0.3 is 5.97 Å². The fourth-order valence-electron chi connectivity index (χ4n) is 3.20. The number of esters is 1. The highest BCUT2D eigenvalue weighted by atomic mass is 16.5. The van der Waals surface area contributed by atoms with Crippen LogP contribution in [0.25, 0.3) is 0 Å². The Labute approximate surface area is 152 Å². The molecular formula is C21H21NO4. The van der Waals surface area contributed by atoms with Crippen LogP contribution in [0.4, 0.5) is 0 Å². The van der Waals surface area contributed by atoms with Crippen LogP contribution < -0.4 is 0 Å². The average Bonchev–Trinajstić information content (AvgIpc) is 2.89. The number of benzene rings is 2. The van der Waals surface area contributed by atoms with Gasteiger partial charge in [-0.05, 0) is 37.0 Å². The van der Waals surface area contributed by atoms with E-state index in [-0.39, 0.29) is 23.9 Å². The topological polar surface area (TPSA) is 63.7 Å². The van der Waals surface area contributed by atoms with E-state index in [1.54, 1.807) is 24.3 Å². The van der Waals surface area contributed by atoms with Gasteiger partial charge in [0, 0.05) is 13.5 Å². The maximum Gasteiger partial charge on any atom is 0.303 e. The lowest BCUT2D eigenvalue weighted by Crippen LogP contribution is -2.30. The number of hydrogen-bond acceptors (Lipinski definition) is 4. The summed E-state index contributed by atoms with van der Waals surface area (Å²) >= 11 is 0. The molecule has 5 heteroatoms. The van der Waals surface area contributed by atoms with E-state index in [4.69, 9.17) is 4.74 Å². The molecule has 0 saturated carbocycles. The Hall–Kier alpha value is -2.95. The van der Waals surface area contributed by atoms with Gasteiger partial charge in [-0.25, -0.2) is 0 Å². The first kappa shape index (κ1) is 17.9. The van der Waals surface area contributed by atoms with E-state index in [0.717, 1.165) is 12.0 Å². The molecule has 2 amide bonds. The number of fused-ring (bicyclic) bond motifs is 1. The van der Waals surface area contributed by atoms with Crippen LogP contribution in [0.5, 0.6) is 0 Å². The van der Waals surface area contributed by atoms with Crippen LogP contribution >= 0.6 is 0 Å². The molecular weight excluding hydrogens is 330 g/mol. The lowest BCUT2D eigenvalue weighted by atomic mass is 10.0. The molecule has 0 bridgehead atoms. The Morgan fingerprint density at radius 2 is 1.50 bits per heavy atom. The normalized spacial score (nSPS) is 14.3. The van der Waals surface area contributed by atoms with Crippen molar-refractivity contribution in [2.45, 2.75) is 32.3 Å². The monoisotopic (exact) mass is 351 g/mol. The van der Waals surface area contributed by atoms with Gasteiger partial charge in [-0.15, -0.1) is 0 Å². The minimum Gasteiger partial charge on any atom is -0.458 e. The first-order valence-electron chi connectivity index (χ1n) is 8.75. The number of unbranched alkanes of at least 4 members (excludes halogenated alkanes) is 1. The van der Waals surface area contributed by atoms with Crippen LogP contribution in [-0.4, -0.2) is 29.2 Å². The smallest absolute Gasteiger partial charge is 0.303 e. The summed E-state index contributed by atoms with van der Waals surface area (Å²) in [5, 5.41) is 0. The zero-order valence-corrected chi connectivity index (χ0v) is 14.7. The molecule has 2 aromatic rings. The quantitative estimate of drug-likeness (QED) is 0.433. The van der Waals surface area contributed by atoms with E-state index in [1.807, 2.05) is 30.3 Å². The van der Waals surface area contributed by atoms with Crippen molar-refractivity contribution in [1.29, 1.82) is 0 Å². The minimum absolute atomic E-state index is 0.231. The number of imide groups is 1. The highest BCUT2D eigenvalue weighted by Gasteiger charge is 2.34. The van der Waals surface area contributed by atoms with E-state index < -0.39 is 0 Å². The molecule has 0 spiro atoms. The summed E-state index contributed by atoms with van der Waals surface area (Å²) in [4.78, 5) is 37.3. The van der Waals surface area contributed by atoms with Crippen molar-refractivity contribution in [1.82, 2.24) is 4.90 Å². The number of amides is 2. The van der Waals surface area contributed by atoms with Crippen LogP contribution in [-0.2, 0) is 9.53 Å². The lowest BCUT2D eigenvalue weighted by molar-refractivity contribution is -0.147. The third kappa shape index (κ3) is 3.82.